The fraction of sp³-hybridized carbons (Fsp3) is 0.429. The number of ether oxygens (including phenoxy) is 1. The summed E-state index contributed by atoms with van der Waals surface area (Å²) < 4.78 is 5.07. The second-order valence-electron chi connectivity index (χ2n) is 4.86. The van der Waals surface area contributed by atoms with E-state index in [4.69, 9.17) is 9.84 Å². The monoisotopic (exact) mass is 294 g/mol. The third kappa shape index (κ3) is 3.71. The molecule has 1 aliphatic heterocycles. The van der Waals surface area contributed by atoms with Crippen molar-refractivity contribution in [3.05, 3.63) is 24.3 Å². The summed E-state index contributed by atoms with van der Waals surface area (Å²) in [6.45, 7) is 2.54. The van der Waals surface area contributed by atoms with Gasteiger partial charge in [-0.3, -0.25) is 9.69 Å². The zero-order valence-electron chi connectivity index (χ0n) is 11.7. The lowest BCUT2D eigenvalue weighted by Gasteiger charge is -2.27. The van der Waals surface area contributed by atoms with Gasteiger partial charge in [0.2, 0.25) is 0 Å². The summed E-state index contributed by atoms with van der Waals surface area (Å²) in [5.41, 5.74) is 1.15. The minimum absolute atomic E-state index is 0.00877. The molecule has 7 nitrogen and oxygen atoms in total. The van der Waals surface area contributed by atoms with Crippen molar-refractivity contribution >= 4 is 23.4 Å². The van der Waals surface area contributed by atoms with Gasteiger partial charge in [-0.15, -0.1) is 0 Å². The Balaban J connectivity index is 2.17. The molecule has 1 aromatic rings. The molecule has 1 heterocycles. The lowest BCUT2D eigenvalue weighted by molar-refractivity contribution is -0.125. The summed E-state index contributed by atoms with van der Waals surface area (Å²) in [6, 6.07) is 6.62. The first kappa shape index (κ1) is 15.3. The van der Waals surface area contributed by atoms with Crippen molar-refractivity contribution in [2.75, 3.05) is 36.1 Å². The Bertz CT molecular complexity index is 515. The van der Waals surface area contributed by atoms with Gasteiger partial charge in [-0.25, -0.2) is 4.79 Å². The van der Waals surface area contributed by atoms with Crippen molar-refractivity contribution in [2.24, 2.45) is 0 Å². The van der Waals surface area contributed by atoms with Crippen molar-refractivity contribution in [1.29, 1.82) is 0 Å². The molecule has 1 atom stereocenters. The summed E-state index contributed by atoms with van der Waals surface area (Å²) in [6.07, 6.45) is -1.90. The largest absolute Gasteiger partial charge is 0.465 e. The second kappa shape index (κ2) is 6.55. The van der Waals surface area contributed by atoms with Crippen molar-refractivity contribution < 1.29 is 24.5 Å². The van der Waals surface area contributed by atoms with Crippen LogP contribution in [0.5, 0.6) is 0 Å². The van der Waals surface area contributed by atoms with Gasteiger partial charge in [-0.2, -0.15) is 0 Å². The number of aliphatic hydroxyl groups excluding tert-OH is 1. The zero-order chi connectivity index (χ0) is 15.4. The molecule has 1 unspecified atom stereocenters. The van der Waals surface area contributed by atoms with Gasteiger partial charge in [0.05, 0.1) is 19.3 Å². The topological polar surface area (TPSA) is 90.3 Å². The van der Waals surface area contributed by atoms with Gasteiger partial charge in [0.25, 0.3) is 5.91 Å². The Kier molecular flexibility index (Phi) is 4.77. The quantitative estimate of drug-likeness (QED) is 0.861. The number of anilines is 2. The number of aliphatic hydroxyl groups is 1. The van der Waals surface area contributed by atoms with Crippen LogP contribution in [0.4, 0.5) is 16.2 Å². The Labute approximate surface area is 122 Å². The van der Waals surface area contributed by atoms with Crippen LogP contribution in [0.15, 0.2) is 24.3 Å². The lowest BCUT2D eigenvalue weighted by atomic mass is 10.2. The van der Waals surface area contributed by atoms with Gasteiger partial charge < -0.3 is 19.8 Å². The molecule has 2 amide bonds. The molecule has 2 N–H and O–H groups in total. The maximum Gasteiger partial charge on any atom is 0.411 e. The summed E-state index contributed by atoms with van der Waals surface area (Å²) in [5, 5.41) is 18.5. The number of carboxylic acid groups (broad SMARTS) is 1. The van der Waals surface area contributed by atoms with Gasteiger partial charge in [-0.05, 0) is 31.2 Å². The maximum absolute atomic E-state index is 11.7. The molecule has 0 spiro atoms. The van der Waals surface area contributed by atoms with E-state index in [0.29, 0.717) is 24.5 Å². The van der Waals surface area contributed by atoms with E-state index in [1.165, 1.54) is 6.92 Å². The highest BCUT2D eigenvalue weighted by molar-refractivity contribution is 5.95. The number of carbonyl (C=O) groups is 2. The average Bonchev–Trinajstić information content (AvgIpc) is 2.45. The highest BCUT2D eigenvalue weighted by Gasteiger charge is 2.21. The Morgan fingerprint density at radius 2 is 2.10 bits per heavy atom. The highest BCUT2D eigenvalue weighted by atomic mass is 16.5. The first-order valence-corrected chi connectivity index (χ1v) is 6.65. The summed E-state index contributed by atoms with van der Waals surface area (Å²) in [5.74, 6) is -0.118. The third-order valence-electron chi connectivity index (χ3n) is 3.14. The van der Waals surface area contributed by atoms with Crippen LogP contribution in [0, 0.1) is 0 Å². The predicted molar refractivity (Wildman–Crippen MR) is 76.7 cm³/mol. The number of hydrogen-bond acceptors (Lipinski definition) is 4. The minimum atomic E-state index is -1.13. The molecule has 1 aromatic carbocycles. The third-order valence-corrected chi connectivity index (χ3v) is 3.14. The predicted octanol–water partition coefficient (Wildman–Crippen LogP) is 0.915. The summed E-state index contributed by atoms with van der Waals surface area (Å²) in [4.78, 5) is 25.6. The molecule has 0 aliphatic carbocycles. The van der Waals surface area contributed by atoms with Crippen LogP contribution in [-0.4, -0.2) is 54.6 Å². The van der Waals surface area contributed by atoms with Crippen molar-refractivity contribution in [1.82, 2.24) is 0 Å². The number of rotatable bonds is 4. The van der Waals surface area contributed by atoms with Gasteiger partial charge in [0, 0.05) is 17.9 Å². The minimum Gasteiger partial charge on any atom is -0.465 e. The van der Waals surface area contributed by atoms with E-state index < -0.39 is 12.2 Å². The number of nitrogens with zero attached hydrogens (tertiary/aromatic N) is 2. The van der Waals surface area contributed by atoms with Gasteiger partial charge >= 0.3 is 6.09 Å². The van der Waals surface area contributed by atoms with E-state index in [0.717, 1.165) is 4.90 Å². The fourth-order valence-electron chi connectivity index (χ4n) is 2.16. The number of hydrogen-bond donors (Lipinski definition) is 2. The van der Waals surface area contributed by atoms with Crippen molar-refractivity contribution in [2.45, 2.75) is 13.0 Å². The van der Waals surface area contributed by atoms with Gasteiger partial charge in [0.15, 0.2) is 0 Å². The summed E-state index contributed by atoms with van der Waals surface area (Å²) >= 11 is 0. The van der Waals surface area contributed by atoms with Crippen LogP contribution < -0.4 is 9.80 Å². The first-order valence-electron chi connectivity index (χ1n) is 6.65. The van der Waals surface area contributed by atoms with Crippen molar-refractivity contribution in [3.8, 4) is 0 Å². The number of amides is 2. The van der Waals surface area contributed by atoms with Crippen LogP contribution in [0.3, 0.4) is 0 Å². The standard InChI is InChI=1S/C14H18N2O5/c1-10(17)8-16(14(19)20)12-4-2-11(3-5-12)15-6-7-21-9-13(15)18/h2-5,10,17H,6-9H2,1H3,(H,19,20). The molecule has 0 radical (unpaired) electrons. The Morgan fingerprint density at radius 3 is 2.62 bits per heavy atom. The average molecular weight is 294 g/mol. The summed E-state index contributed by atoms with van der Waals surface area (Å²) in [7, 11) is 0. The molecule has 2 rings (SSSR count). The molecule has 1 saturated heterocycles. The van der Waals surface area contributed by atoms with E-state index in [9.17, 15) is 14.7 Å². The Hall–Kier alpha value is -2.12. The van der Waals surface area contributed by atoms with Crippen LogP contribution >= 0.6 is 0 Å². The van der Waals surface area contributed by atoms with Gasteiger partial charge in [0.1, 0.15) is 6.61 Å². The normalized spacial score (nSPS) is 16.7. The Morgan fingerprint density at radius 1 is 1.43 bits per heavy atom. The van der Waals surface area contributed by atoms with E-state index in [2.05, 4.69) is 0 Å². The van der Waals surface area contributed by atoms with Crippen LogP contribution in [0.2, 0.25) is 0 Å². The number of carbonyl (C=O) groups excluding carboxylic acids is 1. The maximum atomic E-state index is 11.7. The van der Waals surface area contributed by atoms with Crippen LogP contribution in [0.1, 0.15) is 6.92 Å². The molecule has 21 heavy (non-hydrogen) atoms. The molecule has 1 fully saturated rings. The van der Waals surface area contributed by atoms with Gasteiger partial charge in [-0.1, -0.05) is 0 Å². The molecular formula is C14H18N2O5. The van der Waals surface area contributed by atoms with Crippen LogP contribution in [-0.2, 0) is 9.53 Å². The van der Waals surface area contributed by atoms with Crippen LogP contribution in [0.25, 0.3) is 0 Å². The lowest BCUT2D eigenvalue weighted by Crippen LogP contribution is -2.41. The molecule has 0 aromatic heterocycles. The molecular weight excluding hydrogens is 276 g/mol. The smallest absolute Gasteiger partial charge is 0.411 e. The molecule has 7 heteroatoms. The number of morpholine rings is 1. The van der Waals surface area contributed by atoms with Crippen molar-refractivity contribution in [3.63, 3.8) is 0 Å². The molecule has 1 aliphatic rings. The van der Waals surface area contributed by atoms with E-state index in [1.807, 2.05) is 0 Å². The van der Waals surface area contributed by atoms with E-state index in [1.54, 1.807) is 29.2 Å². The molecule has 114 valence electrons. The highest BCUT2D eigenvalue weighted by Crippen LogP contribution is 2.22. The first-order chi connectivity index (χ1) is 9.99. The SMILES string of the molecule is CC(O)CN(C(=O)O)c1ccc(N2CCOCC2=O)cc1. The second-order valence-corrected chi connectivity index (χ2v) is 4.86. The fourth-order valence-corrected chi connectivity index (χ4v) is 2.16. The molecule has 0 saturated carbocycles. The van der Waals surface area contributed by atoms with E-state index >= 15 is 0 Å². The zero-order valence-corrected chi connectivity index (χ0v) is 11.7. The van der Waals surface area contributed by atoms with E-state index in [-0.39, 0.29) is 19.1 Å². The molecule has 0 bridgehead atoms. The number of benzene rings is 1.